The van der Waals surface area contributed by atoms with Crippen molar-refractivity contribution in [2.24, 2.45) is 5.92 Å². The lowest BCUT2D eigenvalue weighted by molar-refractivity contribution is -0.123. The summed E-state index contributed by atoms with van der Waals surface area (Å²) < 4.78 is 13.0. The van der Waals surface area contributed by atoms with Crippen molar-refractivity contribution in [3.63, 3.8) is 0 Å². The third-order valence-electron chi connectivity index (χ3n) is 3.53. The summed E-state index contributed by atoms with van der Waals surface area (Å²) in [6.45, 7) is 0.492. The Morgan fingerprint density at radius 3 is 3.00 bits per heavy atom. The van der Waals surface area contributed by atoms with E-state index in [0.717, 1.165) is 31.2 Å². The molecule has 0 saturated heterocycles. The van der Waals surface area contributed by atoms with Crippen LogP contribution in [-0.2, 0) is 11.2 Å². The lowest BCUT2D eigenvalue weighted by atomic mass is 9.86. The lowest BCUT2D eigenvalue weighted by Gasteiger charge is -2.22. The second kappa shape index (κ2) is 6.45. The molecular weight excluding hydrogens is 243 g/mol. The number of carbonyl (C=O) groups excluding carboxylic acids is 1. The molecule has 0 bridgehead atoms. The maximum Gasteiger partial charge on any atom is 0.228 e. The summed E-state index contributed by atoms with van der Waals surface area (Å²) in [5.74, 6) is -0.555. The second-order valence-electron chi connectivity index (χ2n) is 4.99. The van der Waals surface area contributed by atoms with Gasteiger partial charge in [-0.15, -0.1) is 0 Å². The predicted molar refractivity (Wildman–Crippen MR) is 72.8 cm³/mol. The quantitative estimate of drug-likeness (QED) is 0.861. The SMILES string of the molecule is N=C1CCCCC1C(=O)NCCc1cccc(F)c1. The van der Waals surface area contributed by atoms with Crippen molar-refractivity contribution in [1.82, 2.24) is 5.32 Å². The molecule has 4 heteroatoms. The lowest BCUT2D eigenvalue weighted by Crippen LogP contribution is -2.37. The number of hydrogen-bond acceptors (Lipinski definition) is 2. The van der Waals surface area contributed by atoms with Gasteiger partial charge in [0.25, 0.3) is 0 Å². The largest absolute Gasteiger partial charge is 0.355 e. The fraction of sp³-hybridized carbons (Fsp3) is 0.467. The summed E-state index contributed by atoms with van der Waals surface area (Å²) >= 11 is 0. The van der Waals surface area contributed by atoms with Gasteiger partial charge in [0.15, 0.2) is 0 Å². The molecule has 1 amide bonds. The Balaban J connectivity index is 1.79. The van der Waals surface area contributed by atoms with Crippen LogP contribution >= 0.6 is 0 Å². The van der Waals surface area contributed by atoms with Gasteiger partial charge >= 0.3 is 0 Å². The molecular formula is C15H19FN2O. The summed E-state index contributed by atoms with van der Waals surface area (Å²) in [7, 11) is 0. The first-order valence-electron chi connectivity index (χ1n) is 6.76. The fourth-order valence-electron chi connectivity index (χ4n) is 2.45. The summed E-state index contributed by atoms with van der Waals surface area (Å²) in [6.07, 6.45) is 4.17. The van der Waals surface area contributed by atoms with Gasteiger partial charge in [0.05, 0.1) is 5.92 Å². The molecule has 1 aliphatic carbocycles. The van der Waals surface area contributed by atoms with Crippen molar-refractivity contribution in [2.45, 2.75) is 32.1 Å². The van der Waals surface area contributed by atoms with Crippen molar-refractivity contribution in [3.05, 3.63) is 35.6 Å². The van der Waals surface area contributed by atoms with Crippen LogP contribution < -0.4 is 5.32 Å². The molecule has 0 aliphatic heterocycles. The van der Waals surface area contributed by atoms with E-state index in [1.165, 1.54) is 12.1 Å². The number of benzene rings is 1. The molecule has 0 radical (unpaired) electrons. The van der Waals surface area contributed by atoms with Gasteiger partial charge in [-0.2, -0.15) is 0 Å². The third-order valence-corrected chi connectivity index (χ3v) is 3.53. The summed E-state index contributed by atoms with van der Waals surface area (Å²) in [4.78, 5) is 11.9. The molecule has 1 unspecified atom stereocenters. The van der Waals surface area contributed by atoms with Crippen molar-refractivity contribution < 1.29 is 9.18 Å². The maximum atomic E-state index is 13.0. The van der Waals surface area contributed by atoms with Gasteiger partial charge in [-0.05, 0) is 43.4 Å². The maximum absolute atomic E-state index is 13.0. The Labute approximate surface area is 112 Å². The number of rotatable bonds is 4. The molecule has 3 nitrogen and oxygen atoms in total. The van der Waals surface area contributed by atoms with Crippen molar-refractivity contribution in [1.29, 1.82) is 5.41 Å². The molecule has 2 N–H and O–H groups in total. The zero-order valence-corrected chi connectivity index (χ0v) is 10.9. The van der Waals surface area contributed by atoms with Crippen LogP contribution in [0.3, 0.4) is 0 Å². The average molecular weight is 262 g/mol. The first kappa shape index (κ1) is 13.7. The standard InChI is InChI=1S/C15H19FN2O/c16-12-5-3-4-11(10-12)8-9-18-15(19)13-6-1-2-7-14(13)17/h3-5,10,13,17H,1-2,6-9H2,(H,18,19). The molecule has 1 aromatic carbocycles. The predicted octanol–water partition coefficient (Wildman–Crippen LogP) is 2.69. The highest BCUT2D eigenvalue weighted by Gasteiger charge is 2.25. The Bertz CT molecular complexity index is 473. The van der Waals surface area contributed by atoms with E-state index in [2.05, 4.69) is 5.32 Å². The zero-order chi connectivity index (χ0) is 13.7. The van der Waals surface area contributed by atoms with Gasteiger partial charge in [0.2, 0.25) is 5.91 Å². The number of carbonyl (C=O) groups is 1. The molecule has 0 spiro atoms. The van der Waals surface area contributed by atoms with E-state index >= 15 is 0 Å². The van der Waals surface area contributed by atoms with Gasteiger partial charge in [-0.25, -0.2) is 4.39 Å². The number of nitrogens with one attached hydrogen (secondary N) is 2. The minimum Gasteiger partial charge on any atom is -0.355 e. The normalized spacial score (nSPS) is 19.2. The van der Waals surface area contributed by atoms with Gasteiger partial charge in [-0.3, -0.25) is 4.79 Å². The van der Waals surface area contributed by atoms with E-state index in [1.54, 1.807) is 6.07 Å². The molecule has 0 heterocycles. The van der Waals surface area contributed by atoms with E-state index in [1.807, 2.05) is 6.07 Å². The van der Waals surface area contributed by atoms with Crippen LogP contribution in [0.25, 0.3) is 0 Å². The third kappa shape index (κ3) is 3.88. The smallest absolute Gasteiger partial charge is 0.228 e. The van der Waals surface area contributed by atoms with Crippen LogP contribution in [0.5, 0.6) is 0 Å². The van der Waals surface area contributed by atoms with Crippen LogP contribution in [0.2, 0.25) is 0 Å². The Kier molecular flexibility index (Phi) is 4.66. The van der Waals surface area contributed by atoms with Crippen LogP contribution in [0.1, 0.15) is 31.2 Å². The molecule has 2 rings (SSSR count). The first-order valence-corrected chi connectivity index (χ1v) is 6.76. The Hall–Kier alpha value is -1.71. The Morgan fingerprint density at radius 1 is 1.42 bits per heavy atom. The fourth-order valence-corrected chi connectivity index (χ4v) is 2.45. The second-order valence-corrected chi connectivity index (χ2v) is 4.99. The molecule has 1 saturated carbocycles. The molecule has 1 aliphatic rings. The number of hydrogen-bond donors (Lipinski definition) is 2. The number of amides is 1. The van der Waals surface area contributed by atoms with Gasteiger partial charge in [0, 0.05) is 12.3 Å². The average Bonchev–Trinajstić information content (AvgIpc) is 2.39. The summed E-state index contributed by atoms with van der Waals surface area (Å²) in [5.41, 5.74) is 1.42. The molecule has 1 atom stereocenters. The van der Waals surface area contributed by atoms with E-state index in [-0.39, 0.29) is 17.6 Å². The highest BCUT2D eigenvalue weighted by Crippen LogP contribution is 2.20. The topological polar surface area (TPSA) is 53.0 Å². The van der Waals surface area contributed by atoms with Crippen LogP contribution in [0, 0.1) is 17.1 Å². The first-order chi connectivity index (χ1) is 9.16. The molecule has 102 valence electrons. The summed E-state index contributed by atoms with van der Waals surface area (Å²) in [6, 6.07) is 6.40. The molecule has 1 aromatic rings. The van der Waals surface area contributed by atoms with E-state index in [4.69, 9.17) is 5.41 Å². The molecule has 1 fully saturated rings. The van der Waals surface area contributed by atoms with E-state index in [0.29, 0.717) is 18.7 Å². The van der Waals surface area contributed by atoms with Crippen LogP contribution in [0.4, 0.5) is 4.39 Å². The van der Waals surface area contributed by atoms with E-state index in [9.17, 15) is 9.18 Å². The van der Waals surface area contributed by atoms with Gasteiger partial charge in [-0.1, -0.05) is 18.6 Å². The van der Waals surface area contributed by atoms with Crippen LogP contribution in [0.15, 0.2) is 24.3 Å². The summed E-state index contributed by atoms with van der Waals surface area (Å²) in [5, 5.41) is 10.6. The highest BCUT2D eigenvalue weighted by atomic mass is 19.1. The van der Waals surface area contributed by atoms with Gasteiger partial charge < -0.3 is 10.7 Å². The van der Waals surface area contributed by atoms with E-state index < -0.39 is 0 Å². The zero-order valence-electron chi connectivity index (χ0n) is 10.9. The van der Waals surface area contributed by atoms with Gasteiger partial charge in [0.1, 0.15) is 5.82 Å². The van der Waals surface area contributed by atoms with Crippen LogP contribution in [-0.4, -0.2) is 18.2 Å². The highest BCUT2D eigenvalue weighted by molar-refractivity contribution is 6.03. The Morgan fingerprint density at radius 2 is 2.26 bits per heavy atom. The van der Waals surface area contributed by atoms with Crippen molar-refractivity contribution in [3.8, 4) is 0 Å². The monoisotopic (exact) mass is 262 g/mol. The molecule has 19 heavy (non-hydrogen) atoms. The molecule has 0 aromatic heterocycles. The minimum atomic E-state index is -0.252. The minimum absolute atomic E-state index is 0.0545. The van der Waals surface area contributed by atoms with Crippen molar-refractivity contribution in [2.75, 3.05) is 6.54 Å². The van der Waals surface area contributed by atoms with Crippen molar-refractivity contribution >= 4 is 11.6 Å². The number of halogens is 1.